The molecular weight excluding hydrogens is 398 g/mol. The number of primary amides is 1. The van der Waals surface area contributed by atoms with Crippen LogP contribution >= 0.6 is 11.8 Å². The number of methoxy groups -OCH3 is 1. The van der Waals surface area contributed by atoms with E-state index >= 15 is 0 Å². The molecule has 2 aromatic carbocycles. The first kappa shape index (κ1) is 22.2. The van der Waals surface area contributed by atoms with Crippen LogP contribution < -0.4 is 15.8 Å². The van der Waals surface area contributed by atoms with Crippen molar-refractivity contribution in [3.8, 4) is 5.75 Å². The second-order valence-electron chi connectivity index (χ2n) is 7.41. The average Bonchev–Trinajstić information content (AvgIpc) is 2.98. The molecule has 2 amide bonds. The highest BCUT2D eigenvalue weighted by Crippen LogP contribution is 2.31. The number of thioether (sulfide) groups is 1. The Morgan fingerprint density at radius 1 is 1.13 bits per heavy atom. The van der Waals surface area contributed by atoms with Gasteiger partial charge in [-0.3, -0.25) is 14.5 Å². The summed E-state index contributed by atoms with van der Waals surface area (Å²) in [5.41, 5.74) is 7.18. The molecule has 0 aliphatic carbocycles. The molecule has 1 heterocycles. The number of anilines is 1. The first-order chi connectivity index (χ1) is 14.6. The molecule has 1 aliphatic rings. The van der Waals surface area contributed by atoms with Crippen LogP contribution in [0.1, 0.15) is 37.3 Å². The lowest BCUT2D eigenvalue weighted by atomic mass is 10.0. The number of hydrogen-bond acceptors (Lipinski definition) is 5. The summed E-state index contributed by atoms with van der Waals surface area (Å²) in [5, 5.41) is 3.02. The zero-order chi connectivity index (χ0) is 21.3. The molecule has 0 unspecified atom stereocenters. The number of nitrogens with zero attached hydrogens (tertiary/aromatic N) is 1. The van der Waals surface area contributed by atoms with Crippen LogP contribution in [-0.4, -0.2) is 42.7 Å². The van der Waals surface area contributed by atoms with Crippen LogP contribution in [0.4, 0.5) is 5.69 Å². The molecule has 1 fully saturated rings. The Balaban J connectivity index is 1.69. The van der Waals surface area contributed by atoms with Gasteiger partial charge in [0, 0.05) is 10.9 Å². The predicted octanol–water partition coefficient (Wildman–Crippen LogP) is 3.83. The fourth-order valence-corrected chi connectivity index (χ4v) is 4.53. The third-order valence-corrected chi connectivity index (χ3v) is 6.34. The summed E-state index contributed by atoms with van der Waals surface area (Å²) in [6.07, 6.45) is 4.45. The van der Waals surface area contributed by atoms with Gasteiger partial charge >= 0.3 is 0 Å². The van der Waals surface area contributed by atoms with E-state index in [1.807, 2.05) is 36.4 Å². The Morgan fingerprint density at radius 3 is 2.63 bits per heavy atom. The summed E-state index contributed by atoms with van der Waals surface area (Å²) in [6, 6.07) is 15.8. The first-order valence-corrected chi connectivity index (χ1v) is 11.2. The maximum Gasteiger partial charge on any atom is 0.238 e. The number of carbonyl (C=O) groups is 2. The highest BCUT2D eigenvalue weighted by atomic mass is 32.2. The zero-order valence-corrected chi connectivity index (χ0v) is 18.1. The van der Waals surface area contributed by atoms with E-state index in [0.29, 0.717) is 12.2 Å². The van der Waals surface area contributed by atoms with Crippen LogP contribution in [0.2, 0.25) is 0 Å². The van der Waals surface area contributed by atoms with Gasteiger partial charge in [-0.1, -0.05) is 37.1 Å². The van der Waals surface area contributed by atoms with E-state index in [2.05, 4.69) is 22.3 Å². The lowest BCUT2D eigenvalue weighted by molar-refractivity contribution is -0.118. The second-order valence-corrected chi connectivity index (χ2v) is 8.43. The fourth-order valence-electron chi connectivity index (χ4n) is 3.78. The van der Waals surface area contributed by atoms with E-state index in [-0.39, 0.29) is 23.6 Å². The van der Waals surface area contributed by atoms with E-state index in [9.17, 15) is 9.59 Å². The fraction of sp³-hybridized carbons (Fsp3) is 0.391. The molecule has 1 saturated heterocycles. The molecule has 0 bridgehead atoms. The molecule has 7 heteroatoms. The maximum atomic E-state index is 12.9. The van der Waals surface area contributed by atoms with Gasteiger partial charge in [0.2, 0.25) is 11.8 Å². The summed E-state index contributed by atoms with van der Waals surface area (Å²) in [5.74, 6) is 0.579. The Bertz CT molecular complexity index is 857. The Morgan fingerprint density at radius 2 is 1.90 bits per heavy atom. The van der Waals surface area contributed by atoms with E-state index in [4.69, 9.17) is 10.5 Å². The number of likely N-dealkylation sites (tertiary alicyclic amines) is 1. The maximum absolute atomic E-state index is 12.9. The summed E-state index contributed by atoms with van der Waals surface area (Å²) >= 11 is 1.33. The second kappa shape index (κ2) is 11.0. The van der Waals surface area contributed by atoms with Gasteiger partial charge in [-0.2, -0.15) is 0 Å². The third kappa shape index (κ3) is 6.24. The summed E-state index contributed by atoms with van der Waals surface area (Å²) < 4.78 is 5.28. The highest BCUT2D eigenvalue weighted by molar-refractivity contribution is 8.00. The minimum absolute atomic E-state index is 0.0532. The number of nitrogens with one attached hydrogen (secondary N) is 1. The molecule has 1 atom stereocenters. The first-order valence-electron chi connectivity index (χ1n) is 10.2. The monoisotopic (exact) mass is 427 g/mol. The SMILES string of the molecule is COc1ccc([C@H]2CCCCCN2CC(=O)Nc2ccccc2SCC(N)=O)cc1. The Kier molecular flexibility index (Phi) is 8.16. The topological polar surface area (TPSA) is 84.7 Å². The lowest BCUT2D eigenvalue weighted by Gasteiger charge is -2.30. The van der Waals surface area contributed by atoms with Gasteiger partial charge in [0.25, 0.3) is 0 Å². The molecule has 3 N–H and O–H groups in total. The van der Waals surface area contributed by atoms with Crippen LogP contribution in [0.3, 0.4) is 0 Å². The van der Waals surface area contributed by atoms with Gasteiger partial charge in [-0.25, -0.2) is 0 Å². The number of carbonyl (C=O) groups excluding carboxylic acids is 2. The molecule has 0 aromatic heterocycles. The molecule has 2 aromatic rings. The van der Waals surface area contributed by atoms with Crippen molar-refractivity contribution >= 4 is 29.3 Å². The van der Waals surface area contributed by atoms with Crippen LogP contribution in [0.5, 0.6) is 5.75 Å². The van der Waals surface area contributed by atoms with E-state index in [1.165, 1.54) is 23.7 Å². The van der Waals surface area contributed by atoms with Gasteiger partial charge in [-0.05, 0) is 49.2 Å². The smallest absolute Gasteiger partial charge is 0.238 e. The van der Waals surface area contributed by atoms with E-state index < -0.39 is 0 Å². The van der Waals surface area contributed by atoms with Crippen LogP contribution in [-0.2, 0) is 9.59 Å². The van der Waals surface area contributed by atoms with Gasteiger partial charge in [0.15, 0.2) is 0 Å². The lowest BCUT2D eigenvalue weighted by Crippen LogP contribution is -2.36. The largest absolute Gasteiger partial charge is 0.497 e. The molecular formula is C23H29N3O3S. The number of ether oxygens (including phenoxy) is 1. The standard InChI is InChI=1S/C23H29N3O3S/c1-29-18-12-10-17(11-13-18)20-8-3-2-6-14-26(20)15-23(28)25-19-7-4-5-9-21(19)30-16-22(24)27/h4-5,7,9-13,20H,2-3,6,8,14-16H2,1H3,(H2,24,27)(H,25,28)/t20-/m1/s1. The van der Waals surface area contributed by atoms with Gasteiger partial charge < -0.3 is 15.8 Å². The van der Waals surface area contributed by atoms with Crippen LogP contribution in [0, 0.1) is 0 Å². The van der Waals surface area contributed by atoms with Crippen molar-refractivity contribution in [3.05, 3.63) is 54.1 Å². The summed E-state index contributed by atoms with van der Waals surface area (Å²) in [7, 11) is 1.66. The zero-order valence-electron chi connectivity index (χ0n) is 17.3. The van der Waals surface area contributed by atoms with E-state index in [0.717, 1.165) is 36.5 Å². The van der Waals surface area contributed by atoms with Crippen molar-refractivity contribution in [2.24, 2.45) is 5.73 Å². The van der Waals surface area contributed by atoms with Gasteiger partial charge in [-0.15, -0.1) is 11.8 Å². The van der Waals surface area contributed by atoms with Crippen molar-refractivity contribution in [2.75, 3.05) is 31.3 Å². The molecule has 3 rings (SSSR count). The van der Waals surface area contributed by atoms with Gasteiger partial charge in [0.05, 0.1) is 25.1 Å². The molecule has 160 valence electrons. The number of amides is 2. The molecule has 0 spiro atoms. The summed E-state index contributed by atoms with van der Waals surface area (Å²) in [6.45, 7) is 1.22. The van der Waals surface area contributed by atoms with Gasteiger partial charge in [0.1, 0.15) is 5.75 Å². The average molecular weight is 428 g/mol. The number of para-hydroxylation sites is 1. The molecule has 0 saturated carbocycles. The number of benzene rings is 2. The number of hydrogen-bond donors (Lipinski definition) is 2. The normalized spacial score (nSPS) is 17.2. The molecule has 0 radical (unpaired) electrons. The van der Waals surface area contributed by atoms with Crippen LogP contribution in [0.25, 0.3) is 0 Å². The van der Waals surface area contributed by atoms with Crippen molar-refractivity contribution in [1.82, 2.24) is 4.90 Å². The van der Waals surface area contributed by atoms with E-state index in [1.54, 1.807) is 7.11 Å². The minimum Gasteiger partial charge on any atom is -0.497 e. The highest BCUT2D eigenvalue weighted by Gasteiger charge is 2.24. The minimum atomic E-state index is -0.381. The molecule has 1 aliphatic heterocycles. The van der Waals surface area contributed by atoms with Crippen molar-refractivity contribution in [3.63, 3.8) is 0 Å². The molecule has 30 heavy (non-hydrogen) atoms. The number of nitrogens with two attached hydrogens (primary N) is 1. The molecule has 6 nitrogen and oxygen atoms in total. The summed E-state index contributed by atoms with van der Waals surface area (Å²) in [4.78, 5) is 27.1. The predicted molar refractivity (Wildman–Crippen MR) is 121 cm³/mol. The van der Waals surface area contributed by atoms with Crippen molar-refractivity contribution in [1.29, 1.82) is 0 Å². The third-order valence-electron chi connectivity index (χ3n) is 5.24. The van der Waals surface area contributed by atoms with Crippen LogP contribution in [0.15, 0.2) is 53.4 Å². The van der Waals surface area contributed by atoms with Crippen molar-refractivity contribution in [2.45, 2.75) is 36.6 Å². The van der Waals surface area contributed by atoms with Crippen molar-refractivity contribution < 1.29 is 14.3 Å². The Hall–Kier alpha value is -2.51. The quantitative estimate of drug-likeness (QED) is 0.626. The number of rotatable bonds is 8. The Labute approximate surface area is 182 Å².